The summed E-state index contributed by atoms with van der Waals surface area (Å²) in [5.41, 5.74) is 5.02. The molecule has 0 aliphatic rings. The van der Waals surface area contributed by atoms with Gasteiger partial charge >= 0.3 is 0 Å². The van der Waals surface area contributed by atoms with E-state index in [1.165, 1.54) is 5.56 Å². The average molecular weight is 555 g/mol. The summed E-state index contributed by atoms with van der Waals surface area (Å²) in [6.07, 6.45) is 3.87. The van der Waals surface area contributed by atoms with Crippen LogP contribution in [-0.4, -0.2) is 57.8 Å². The number of hydrogen-bond acceptors (Lipinski definition) is 8. The molecule has 41 heavy (non-hydrogen) atoms. The summed E-state index contributed by atoms with van der Waals surface area (Å²) in [6, 6.07) is 29.6. The van der Waals surface area contributed by atoms with Crippen molar-refractivity contribution in [3.63, 3.8) is 0 Å². The van der Waals surface area contributed by atoms with E-state index in [1.54, 1.807) is 12.1 Å². The van der Waals surface area contributed by atoms with Crippen molar-refractivity contribution in [1.82, 2.24) is 30.8 Å². The van der Waals surface area contributed by atoms with Crippen molar-refractivity contribution in [2.24, 2.45) is 0 Å². The smallest absolute Gasteiger partial charge is 0.190 e. The van der Waals surface area contributed by atoms with Crippen molar-refractivity contribution < 1.29 is 10.2 Å². The van der Waals surface area contributed by atoms with Crippen molar-refractivity contribution in [3.8, 4) is 0 Å². The van der Waals surface area contributed by atoms with Gasteiger partial charge in [0, 0.05) is 83.3 Å². The minimum atomic E-state index is -1.83. The van der Waals surface area contributed by atoms with Crippen molar-refractivity contribution >= 4 is 0 Å². The lowest BCUT2D eigenvalue weighted by molar-refractivity contribution is -0.173. The molecule has 2 aromatic heterocycles. The molecule has 8 nitrogen and oxygen atoms in total. The van der Waals surface area contributed by atoms with Crippen LogP contribution in [-0.2, 0) is 32.0 Å². The minimum Gasteiger partial charge on any atom is -0.362 e. The summed E-state index contributed by atoms with van der Waals surface area (Å²) in [4.78, 5) is 11.2. The van der Waals surface area contributed by atoms with Gasteiger partial charge in [0.25, 0.3) is 0 Å². The Bertz CT molecular complexity index is 1190. The molecule has 2 aromatic carbocycles. The SMILES string of the molecule is OC(O)(CCNCc1ccc(CN(CCNCc2ccccn2)CCNCc2ccccn2)cc1)c1ccccc1. The second-order valence-electron chi connectivity index (χ2n) is 10.2. The number of hydrogen-bond donors (Lipinski definition) is 5. The summed E-state index contributed by atoms with van der Waals surface area (Å²) < 4.78 is 0. The first-order valence-electron chi connectivity index (χ1n) is 14.3. The van der Waals surface area contributed by atoms with Crippen LogP contribution in [0.3, 0.4) is 0 Å². The maximum Gasteiger partial charge on any atom is 0.190 e. The Morgan fingerprint density at radius 3 is 1.68 bits per heavy atom. The molecule has 0 unspecified atom stereocenters. The van der Waals surface area contributed by atoms with E-state index in [0.717, 1.165) is 62.8 Å². The van der Waals surface area contributed by atoms with Gasteiger partial charge in [-0.3, -0.25) is 14.9 Å². The standard InChI is InChI=1S/C33H42N6O2/c40-33(41,30-8-2-1-3-9-30)16-19-34-24-28-12-14-29(15-13-28)27-39(22-20-35-25-31-10-4-6-17-37-31)23-21-36-26-32-11-5-7-18-38-32/h1-15,17-18,34-36,40-41H,16,19-27H2. The second kappa shape index (κ2) is 16.7. The molecule has 0 radical (unpaired) electrons. The van der Waals surface area contributed by atoms with E-state index in [4.69, 9.17) is 0 Å². The quantitative estimate of drug-likeness (QED) is 0.0944. The number of aromatic nitrogens is 2. The molecule has 4 aromatic rings. The molecular weight excluding hydrogens is 512 g/mol. The fraction of sp³-hybridized carbons (Fsp3) is 0.333. The van der Waals surface area contributed by atoms with Crippen LogP contribution in [0.25, 0.3) is 0 Å². The third-order valence-corrected chi connectivity index (χ3v) is 6.92. The van der Waals surface area contributed by atoms with E-state index in [1.807, 2.05) is 67.0 Å². The highest BCUT2D eigenvalue weighted by atomic mass is 16.5. The highest BCUT2D eigenvalue weighted by Crippen LogP contribution is 2.20. The zero-order valence-corrected chi connectivity index (χ0v) is 23.6. The van der Waals surface area contributed by atoms with Crippen LogP contribution in [0.4, 0.5) is 0 Å². The zero-order chi connectivity index (χ0) is 28.6. The topological polar surface area (TPSA) is 106 Å². The van der Waals surface area contributed by atoms with E-state index in [9.17, 15) is 10.2 Å². The van der Waals surface area contributed by atoms with Crippen molar-refractivity contribution in [1.29, 1.82) is 0 Å². The molecule has 2 heterocycles. The Kier molecular flexibility index (Phi) is 12.4. The Balaban J connectivity index is 1.22. The van der Waals surface area contributed by atoms with Crippen LogP contribution in [0.2, 0.25) is 0 Å². The second-order valence-corrected chi connectivity index (χ2v) is 10.2. The van der Waals surface area contributed by atoms with Gasteiger partial charge in [-0.15, -0.1) is 0 Å². The molecule has 0 atom stereocenters. The lowest BCUT2D eigenvalue weighted by atomic mass is 10.0. The van der Waals surface area contributed by atoms with E-state index < -0.39 is 5.79 Å². The molecule has 0 amide bonds. The van der Waals surface area contributed by atoms with Crippen LogP contribution in [0.1, 0.15) is 34.5 Å². The zero-order valence-electron chi connectivity index (χ0n) is 23.6. The first-order chi connectivity index (χ1) is 20.1. The van der Waals surface area contributed by atoms with Gasteiger partial charge in [0.1, 0.15) is 0 Å². The van der Waals surface area contributed by atoms with Crippen LogP contribution in [0, 0.1) is 0 Å². The van der Waals surface area contributed by atoms with Gasteiger partial charge in [0.05, 0.1) is 11.4 Å². The lowest BCUT2D eigenvalue weighted by Gasteiger charge is -2.23. The predicted octanol–water partition coefficient (Wildman–Crippen LogP) is 3.18. The molecular formula is C33H42N6O2. The summed E-state index contributed by atoms with van der Waals surface area (Å²) in [5, 5.41) is 31.1. The van der Waals surface area contributed by atoms with Gasteiger partial charge in [-0.1, -0.05) is 66.7 Å². The molecule has 0 aliphatic heterocycles. The molecule has 0 spiro atoms. The number of nitrogens with zero attached hydrogens (tertiary/aromatic N) is 3. The highest BCUT2D eigenvalue weighted by molar-refractivity contribution is 5.23. The lowest BCUT2D eigenvalue weighted by Crippen LogP contribution is -2.36. The van der Waals surface area contributed by atoms with Crippen LogP contribution in [0.15, 0.2) is 103 Å². The molecule has 0 bridgehead atoms. The Morgan fingerprint density at radius 1 is 0.585 bits per heavy atom. The summed E-state index contributed by atoms with van der Waals surface area (Å²) in [7, 11) is 0. The highest BCUT2D eigenvalue weighted by Gasteiger charge is 2.24. The fourth-order valence-electron chi connectivity index (χ4n) is 4.55. The molecule has 0 fully saturated rings. The summed E-state index contributed by atoms with van der Waals surface area (Å²) in [5.74, 6) is -1.83. The monoisotopic (exact) mass is 554 g/mol. The normalized spacial score (nSPS) is 11.7. The third kappa shape index (κ3) is 11.1. The largest absolute Gasteiger partial charge is 0.362 e. The van der Waals surface area contributed by atoms with E-state index in [2.05, 4.69) is 55.1 Å². The van der Waals surface area contributed by atoms with E-state index in [0.29, 0.717) is 18.7 Å². The van der Waals surface area contributed by atoms with Crippen LogP contribution < -0.4 is 16.0 Å². The predicted molar refractivity (Wildman–Crippen MR) is 162 cm³/mol. The molecule has 0 aliphatic carbocycles. The Morgan fingerprint density at radius 2 is 1.12 bits per heavy atom. The van der Waals surface area contributed by atoms with Crippen molar-refractivity contribution in [2.45, 2.75) is 38.4 Å². The first kappa shape index (κ1) is 30.5. The average Bonchev–Trinajstić information content (AvgIpc) is 3.02. The molecule has 8 heteroatoms. The molecule has 5 N–H and O–H groups in total. The van der Waals surface area contributed by atoms with Crippen molar-refractivity contribution in [3.05, 3.63) is 131 Å². The number of rotatable bonds is 18. The maximum atomic E-state index is 10.4. The molecule has 4 rings (SSSR count). The summed E-state index contributed by atoms with van der Waals surface area (Å²) in [6.45, 7) is 7.13. The number of nitrogens with one attached hydrogen (secondary N) is 3. The van der Waals surface area contributed by atoms with E-state index in [-0.39, 0.29) is 6.42 Å². The number of benzene rings is 2. The Labute approximate surface area is 243 Å². The van der Waals surface area contributed by atoms with Gasteiger partial charge in [-0.25, -0.2) is 0 Å². The third-order valence-electron chi connectivity index (χ3n) is 6.92. The van der Waals surface area contributed by atoms with Gasteiger partial charge in [0.2, 0.25) is 0 Å². The van der Waals surface area contributed by atoms with Crippen molar-refractivity contribution in [2.75, 3.05) is 32.7 Å². The number of aliphatic hydroxyl groups is 2. The maximum absolute atomic E-state index is 10.4. The van der Waals surface area contributed by atoms with Gasteiger partial charge in [-0.2, -0.15) is 0 Å². The van der Waals surface area contributed by atoms with Gasteiger partial charge in [0.15, 0.2) is 5.79 Å². The Hall–Kier alpha value is -3.50. The first-order valence-corrected chi connectivity index (χ1v) is 14.3. The van der Waals surface area contributed by atoms with E-state index >= 15 is 0 Å². The summed E-state index contributed by atoms with van der Waals surface area (Å²) >= 11 is 0. The fourth-order valence-corrected chi connectivity index (χ4v) is 4.55. The van der Waals surface area contributed by atoms with Crippen LogP contribution >= 0.6 is 0 Å². The van der Waals surface area contributed by atoms with Gasteiger partial charge in [-0.05, 0) is 35.4 Å². The van der Waals surface area contributed by atoms with Gasteiger partial charge < -0.3 is 26.2 Å². The molecule has 0 saturated carbocycles. The number of pyridine rings is 2. The van der Waals surface area contributed by atoms with Crippen LogP contribution in [0.5, 0.6) is 0 Å². The minimum absolute atomic E-state index is 0.215. The molecule has 0 saturated heterocycles. The molecule has 216 valence electrons.